The van der Waals surface area contributed by atoms with E-state index in [9.17, 15) is 0 Å². The van der Waals surface area contributed by atoms with Gasteiger partial charge in [-0.25, -0.2) is 0 Å². The van der Waals surface area contributed by atoms with Crippen LogP contribution in [0, 0.1) is 0 Å². The molecule has 0 saturated carbocycles. The van der Waals surface area contributed by atoms with E-state index in [1.807, 2.05) is 6.20 Å². The summed E-state index contributed by atoms with van der Waals surface area (Å²) in [6.45, 7) is 5.65. The lowest BCUT2D eigenvalue weighted by Gasteiger charge is -2.25. The van der Waals surface area contributed by atoms with Crippen molar-refractivity contribution in [3.63, 3.8) is 0 Å². The van der Waals surface area contributed by atoms with Crippen LogP contribution in [0.15, 0.2) is 12.4 Å². The van der Waals surface area contributed by atoms with Crippen molar-refractivity contribution in [2.24, 2.45) is 0 Å². The van der Waals surface area contributed by atoms with E-state index < -0.39 is 0 Å². The van der Waals surface area contributed by atoms with Crippen LogP contribution in [-0.4, -0.2) is 38.7 Å². The van der Waals surface area contributed by atoms with Crippen LogP contribution in [0.4, 0.5) is 0 Å². The summed E-state index contributed by atoms with van der Waals surface area (Å²) >= 11 is 0. The highest BCUT2D eigenvalue weighted by Gasteiger charge is 2.15. The third-order valence-corrected chi connectivity index (χ3v) is 2.52. The van der Waals surface area contributed by atoms with Crippen molar-refractivity contribution in [3.8, 4) is 0 Å². The van der Waals surface area contributed by atoms with Crippen LogP contribution in [0.2, 0.25) is 0 Å². The smallest absolute Gasteiger partial charge is 0.0640 e. The van der Waals surface area contributed by atoms with E-state index in [0.29, 0.717) is 6.54 Å². The highest BCUT2D eigenvalue weighted by atomic mass is 16.3. The summed E-state index contributed by atoms with van der Waals surface area (Å²) in [7, 11) is 0. The summed E-state index contributed by atoms with van der Waals surface area (Å²) in [4.78, 5) is 0. The number of aromatic nitrogens is 2. The Hall–Kier alpha value is -0.910. The van der Waals surface area contributed by atoms with Crippen molar-refractivity contribution < 1.29 is 10.2 Å². The lowest BCUT2D eigenvalue weighted by Crippen LogP contribution is -2.39. The van der Waals surface area contributed by atoms with Crippen molar-refractivity contribution >= 4 is 0 Å². The fraction of sp³-hybridized carbons (Fsp3) is 0.727. The molecule has 0 bridgehead atoms. The zero-order valence-corrected chi connectivity index (χ0v) is 9.98. The largest absolute Gasteiger partial charge is 0.396 e. The van der Waals surface area contributed by atoms with Gasteiger partial charge in [-0.15, -0.1) is 0 Å². The minimum atomic E-state index is -0.0756. The number of hydrogen-bond donors (Lipinski definition) is 3. The van der Waals surface area contributed by atoms with Gasteiger partial charge in [0.05, 0.1) is 19.3 Å². The van der Waals surface area contributed by atoms with Gasteiger partial charge in [0, 0.05) is 30.5 Å². The number of aliphatic hydroxyl groups excluding tert-OH is 2. The number of nitrogens with one attached hydrogen (secondary N) is 1. The van der Waals surface area contributed by atoms with E-state index in [-0.39, 0.29) is 18.8 Å². The first-order chi connectivity index (χ1) is 7.57. The van der Waals surface area contributed by atoms with Gasteiger partial charge in [-0.2, -0.15) is 5.10 Å². The fourth-order valence-electron chi connectivity index (χ4n) is 1.43. The van der Waals surface area contributed by atoms with Gasteiger partial charge >= 0.3 is 0 Å². The maximum atomic E-state index is 8.89. The summed E-state index contributed by atoms with van der Waals surface area (Å²) < 4.78 is 1.72. The molecule has 0 fully saturated rings. The molecule has 1 heterocycles. The quantitative estimate of drug-likeness (QED) is 0.619. The zero-order chi connectivity index (χ0) is 12.0. The molecule has 3 N–H and O–H groups in total. The lowest BCUT2D eigenvalue weighted by molar-refractivity contribution is 0.230. The number of hydrogen-bond acceptors (Lipinski definition) is 4. The average Bonchev–Trinajstić information content (AvgIpc) is 2.64. The first-order valence-corrected chi connectivity index (χ1v) is 5.55. The van der Waals surface area contributed by atoms with E-state index in [1.54, 1.807) is 10.9 Å². The summed E-state index contributed by atoms with van der Waals surface area (Å²) in [5.41, 5.74) is 1.01. The van der Waals surface area contributed by atoms with Gasteiger partial charge in [-0.05, 0) is 20.3 Å². The highest BCUT2D eigenvalue weighted by molar-refractivity contribution is 5.04. The van der Waals surface area contributed by atoms with Crippen molar-refractivity contribution in [1.29, 1.82) is 0 Å². The highest BCUT2D eigenvalue weighted by Crippen LogP contribution is 2.09. The summed E-state index contributed by atoms with van der Waals surface area (Å²) in [5.74, 6) is 0. The number of aliphatic hydroxyl groups is 2. The van der Waals surface area contributed by atoms with Gasteiger partial charge in [-0.1, -0.05) is 0 Å². The molecule has 0 aromatic carbocycles. The molecule has 0 amide bonds. The predicted octanol–water partition coefficient (Wildman–Crippen LogP) is 0.126. The van der Waals surface area contributed by atoms with E-state index in [4.69, 9.17) is 10.2 Å². The molecular formula is C11H21N3O2. The minimum Gasteiger partial charge on any atom is -0.396 e. The first kappa shape index (κ1) is 13.2. The molecule has 0 aliphatic heterocycles. The molecule has 0 aliphatic carbocycles. The second-order valence-corrected chi connectivity index (χ2v) is 4.55. The molecule has 1 aromatic heterocycles. The van der Waals surface area contributed by atoms with Gasteiger partial charge in [0.25, 0.3) is 0 Å². The Bertz CT molecular complexity index is 310. The Balaban J connectivity index is 2.41. The summed E-state index contributed by atoms with van der Waals surface area (Å²) in [5, 5.41) is 25.1. The molecule has 5 nitrogen and oxygen atoms in total. The second-order valence-electron chi connectivity index (χ2n) is 4.55. The van der Waals surface area contributed by atoms with Crippen molar-refractivity contribution in [3.05, 3.63) is 18.0 Å². The van der Waals surface area contributed by atoms with Gasteiger partial charge in [-0.3, -0.25) is 4.68 Å². The van der Waals surface area contributed by atoms with Gasteiger partial charge < -0.3 is 15.5 Å². The summed E-state index contributed by atoms with van der Waals surface area (Å²) in [6.07, 6.45) is 4.42. The second kappa shape index (κ2) is 5.98. The van der Waals surface area contributed by atoms with Crippen LogP contribution in [0.1, 0.15) is 25.8 Å². The van der Waals surface area contributed by atoms with E-state index in [2.05, 4.69) is 24.3 Å². The molecule has 1 aromatic rings. The van der Waals surface area contributed by atoms with Crippen LogP contribution < -0.4 is 5.32 Å². The standard InChI is InChI=1S/C11H21N3O2/c1-11(2,3-5-15)12-7-10-8-13-14(9-10)4-6-16/h8-9,12,15-16H,3-7H2,1-2H3. The van der Waals surface area contributed by atoms with Gasteiger partial charge in [0.2, 0.25) is 0 Å². The topological polar surface area (TPSA) is 70.3 Å². The van der Waals surface area contributed by atoms with E-state index in [0.717, 1.165) is 18.5 Å². The van der Waals surface area contributed by atoms with E-state index >= 15 is 0 Å². The fourth-order valence-corrected chi connectivity index (χ4v) is 1.43. The molecule has 0 radical (unpaired) electrons. The van der Waals surface area contributed by atoms with Crippen LogP contribution in [-0.2, 0) is 13.1 Å². The normalized spacial score (nSPS) is 12.0. The molecule has 5 heteroatoms. The lowest BCUT2D eigenvalue weighted by atomic mass is 10.0. The SMILES string of the molecule is CC(C)(CCO)NCc1cnn(CCO)c1. The maximum absolute atomic E-state index is 8.89. The third kappa shape index (κ3) is 4.30. The molecular weight excluding hydrogens is 206 g/mol. The molecule has 16 heavy (non-hydrogen) atoms. The third-order valence-electron chi connectivity index (χ3n) is 2.52. The zero-order valence-electron chi connectivity index (χ0n) is 9.98. The predicted molar refractivity (Wildman–Crippen MR) is 61.9 cm³/mol. The molecule has 0 unspecified atom stereocenters. The number of nitrogens with zero attached hydrogens (tertiary/aromatic N) is 2. The Morgan fingerprint density at radius 3 is 2.75 bits per heavy atom. The molecule has 92 valence electrons. The molecule has 0 saturated heterocycles. The average molecular weight is 227 g/mol. The number of rotatable bonds is 7. The summed E-state index contributed by atoms with van der Waals surface area (Å²) in [6, 6.07) is 0. The minimum absolute atomic E-state index is 0.0756. The van der Waals surface area contributed by atoms with Crippen LogP contribution in [0.25, 0.3) is 0 Å². The monoisotopic (exact) mass is 227 g/mol. The molecule has 1 rings (SSSR count). The van der Waals surface area contributed by atoms with Crippen molar-refractivity contribution in [2.45, 2.75) is 38.9 Å². The van der Waals surface area contributed by atoms with Gasteiger partial charge in [0.15, 0.2) is 0 Å². The van der Waals surface area contributed by atoms with Crippen LogP contribution in [0.5, 0.6) is 0 Å². The van der Waals surface area contributed by atoms with Gasteiger partial charge in [0.1, 0.15) is 0 Å². The maximum Gasteiger partial charge on any atom is 0.0640 e. The molecule has 0 aliphatic rings. The first-order valence-electron chi connectivity index (χ1n) is 5.55. The van der Waals surface area contributed by atoms with E-state index in [1.165, 1.54) is 0 Å². The van der Waals surface area contributed by atoms with Crippen molar-refractivity contribution in [1.82, 2.24) is 15.1 Å². The Labute approximate surface area is 96.1 Å². The van der Waals surface area contributed by atoms with Crippen LogP contribution >= 0.6 is 0 Å². The van der Waals surface area contributed by atoms with Crippen LogP contribution in [0.3, 0.4) is 0 Å². The molecule has 0 spiro atoms. The Morgan fingerprint density at radius 2 is 2.12 bits per heavy atom. The molecule has 0 atom stereocenters. The van der Waals surface area contributed by atoms with Crippen molar-refractivity contribution in [2.75, 3.05) is 13.2 Å². The Kier molecular flexibility index (Phi) is 4.92. The Morgan fingerprint density at radius 1 is 1.38 bits per heavy atom.